The summed E-state index contributed by atoms with van der Waals surface area (Å²) in [6.07, 6.45) is 0.847. The number of ketones is 1. The number of benzene rings is 2. The average molecular weight is 391 g/mol. The molecule has 1 aliphatic heterocycles. The van der Waals surface area contributed by atoms with Crippen molar-refractivity contribution in [1.29, 1.82) is 5.26 Å². The molecule has 0 amide bonds. The van der Waals surface area contributed by atoms with Crippen LogP contribution in [-0.4, -0.2) is 5.78 Å². The fraction of sp³-hybridized carbons (Fsp3) is 0.217. The largest absolute Gasteiger partial charge is 0.444 e. The third-order valence-electron chi connectivity index (χ3n) is 5.42. The van der Waals surface area contributed by atoms with Crippen LogP contribution in [-0.2, 0) is 9.53 Å². The van der Waals surface area contributed by atoms with E-state index in [0.29, 0.717) is 29.2 Å². The molecule has 0 aromatic heterocycles. The van der Waals surface area contributed by atoms with Crippen molar-refractivity contribution in [2.45, 2.75) is 31.6 Å². The van der Waals surface area contributed by atoms with Gasteiger partial charge < -0.3 is 10.5 Å². The van der Waals surface area contributed by atoms with Crippen molar-refractivity contribution in [3.05, 3.63) is 93.0 Å². The first-order valence-electron chi connectivity index (χ1n) is 9.14. The monoisotopic (exact) mass is 390 g/mol. The highest BCUT2D eigenvalue weighted by atomic mass is 35.5. The Hall–Kier alpha value is -3.03. The molecule has 2 N–H and O–H groups in total. The molecular weight excluding hydrogens is 372 g/mol. The molecule has 0 fully saturated rings. The molecule has 2 atom stereocenters. The van der Waals surface area contributed by atoms with Crippen LogP contribution in [0.4, 0.5) is 0 Å². The lowest BCUT2D eigenvalue weighted by molar-refractivity contribution is -0.117. The van der Waals surface area contributed by atoms with Gasteiger partial charge >= 0.3 is 0 Å². The number of nitriles is 1. The quantitative estimate of drug-likeness (QED) is 0.794. The van der Waals surface area contributed by atoms with Gasteiger partial charge in [0.15, 0.2) is 5.78 Å². The number of nitrogens with zero attached hydrogens (tertiary/aromatic N) is 1. The predicted octanol–water partition coefficient (Wildman–Crippen LogP) is 4.86. The number of Topliss-reactive ketones (excluding diaryl/α,β-unsaturated/α-hetero) is 1. The molecule has 0 unspecified atom stereocenters. The lowest BCUT2D eigenvalue weighted by atomic mass is 9.73. The van der Waals surface area contributed by atoms with Crippen LogP contribution in [0.3, 0.4) is 0 Å². The highest BCUT2D eigenvalue weighted by Gasteiger charge is 2.41. The van der Waals surface area contributed by atoms with Gasteiger partial charge in [0.05, 0.1) is 5.92 Å². The average Bonchev–Trinajstić information content (AvgIpc) is 2.68. The number of nitrogens with two attached hydrogens (primary N) is 1. The first-order chi connectivity index (χ1) is 13.5. The highest BCUT2D eigenvalue weighted by molar-refractivity contribution is 6.31. The molecule has 0 radical (unpaired) electrons. The Bertz CT molecular complexity index is 1060. The van der Waals surface area contributed by atoms with E-state index in [9.17, 15) is 10.1 Å². The second-order valence-electron chi connectivity index (χ2n) is 7.22. The maximum atomic E-state index is 13.2. The van der Waals surface area contributed by atoms with E-state index in [0.717, 1.165) is 16.7 Å². The van der Waals surface area contributed by atoms with Crippen molar-refractivity contribution in [3.63, 3.8) is 0 Å². The van der Waals surface area contributed by atoms with E-state index in [-0.39, 0.29) is 23.2 Å². The number of hydrogen-bond acceptors (Lipinski definition) is 4. The zero-order valence-corrected chi connectivity index (χ0v) is 16.2. The summed E-state index contributed by atoms with van der Waals surface area (Å²) in [6.45, 7) is 1.99. The highest BCUT2D eigenvalue weighted by Crippen LogP contribution is 2.47. The molecule has 4 rings (SSSR count). The van der Waals surface area contributed by atoms with Crippen molar-refractivity contribution in [1.82, 2.24) is 0 Å². The standard InChI is InChI=1S/C23H19ClN2O2/c1-13-6-8-14(9-7-13)21-17(12-25)23(26)28-20-11-15(10-19(27)22(20)21)16-4-2-3-5-18(16)24/h2-9,15,21H,10-11,26H2,1H3/t15-,21-/m0/s1. The second kappa shape index (κ2) is 7.18. The minimum absolute atomic E-state index is 0.0306. The number of allylic oxidation sites excluding steroid dienone is 3. The molecule has 0 bridgehead atoms. The minimum Gasteiger partial charge on any atom is -0.444 e. The second-order valence-corrected chi connectivity index (χ2v) is 7.63. The summed E-state index contributed by atoms with van der Waals surface area (Å²) in [7, 11) is 0. The van der Waals surface area contributed by atoms with E-state index < -0.39 is 5.92 Å². The SMILES string of the molecule is Cc1ccc([C@H]2C(C#N)=C(N)OC3=C2C(=O)C[C@H](c2ccccc2Cl)C3)cc1. The van der Waals surface area contributed by atoms with Gasteiger partial charge in [0.1, 0.15) is 17.4 Å². The van der Waals surface area contributed by atoms with E-state index in [2.05, 4.69) is 6.07 Å². The van der Waals surface area contributed by atoms with Gasteiger partial charge in [0, 0.05) is 23.4 Å². The Morgan fingerprint density at radius 2 is 1.86 bits per heavy atom. The van der Waals surface area contributed by atoms with Gasteiger partial charge in [-0.3, -0.25) is 4.79 Å². The minimum atomic E-state index is -0.492. The maximum absolute atomic E-state index is 13.2. The van der Waals surface area contributed by atoms with Crippen LogP contribution < -0.4 is 5.73 Å². The Labute approximate surface area is 168 Å². The van der Waals surface area contributed by atoms with E-state index in [1.807, 2.05) is 55.5 Å². The van der Waals surface area contributed by atoms with Crippen LogP contribution >= 0.6 is 11.6 Å². The van der Waals surface area contributed by atoms with Crippen molar-refractivity contribution in [2.24, 2.45) is 5.73 Å². The number of halogens is 1. The molecule has 1 aliphatic carbocycles. The summed E-state index contributed by atoms with van der Waals surface area (Å²) in [5.41, 5.74) is 9.80. The fourth-order valence-electron chi connectivity index (χ4n) is 4.03. The van der Waals surface area contributed by atoms with Crippen LogP contribution in [0.25, 0.3) is 0 Å². The van der Waals surface area contributed by atoms with Gasteiger partial charge in [-0.15, -0.1) is 0 Å². The third-order valence-corrected chi connectivity index (χ3v) is 5.76. The van der Waals surface area contributed by atoms with Crippen molar-refractivity contribution >= 4 is 17.4 Å². The molecule has 28 heavy (non-hydrogen) atoms. The van der Waals surface area contributed by atoms with Gasteiger partial charge in [-0.2, -0.15) is 5.26 Å². The normalized spacial score (nSPS) is 21.8. The van der Waals surface area contributed by atoms with E-state index in [1.165, 1.54) is 0 Å². The van der Waals surface area contributed by atoms with Crippen LogP contribution in [0, 0.1) is 18.3 Å². The zero-order valence-electron chi connectivity index (χ0n) is 15.4. The van der Waals surface area contributed by atoms with Gasteiger partial charge in [-0.1, -0.05) is 59.6 Å². The lowest BCUT2D eigenvalue weighted by Crippen LogP contribution is -2.30. The van der Waals surface area contributed by atoms with Crippen molar-refractivity contribution in [3.8, 4) is 6.07 Å². The molecule has 0 saturated carbocycles. The molecule has 140 valence electrons. The molecule has 1 heterocycles. The molecule has 0 saturated heterocycles. The third kappa shape index (κ3) is 3.08. The molecule has 5 heteroatoms. The first-order valence-corrected chi connectivity index (χ1v) is 9.52. The fourth-order valence-corrected chi connectivity index (χ4v) is 4.32. The van der Waals surface area contributed by atoms with Crippen LogP contribution in [0.5, 0.6) is 0 Å². The number of hydrogen-bond donors (Lipinski definition) is 1. The molecular formula is C23H19ClN2O2. The van der Waals surface area contributed by atoms with Gasteiger partial charge in [0.25, 0.3) is 0 Å². The molecule has 2 aliphatic rings. The number of rotatable bonds is 2. The van der Waals surface area contributed by atoms with E-state index >= 15 is 0 Å². The summed E-state index contributed by atoms with van der Waals surface area (Å²) in [5.74, 6) is 0.0174. The van der Waals surface area contributed by atoms with Crippen LogP contribution in [0.1, 0.15) is 41.4 Å². The summed E-state index contributed by atoms with van der Waals surface area (Å²) < 4.78 is 5.78. The predicted molar refractivity (Wildman–Crippen MR) is 107 cm³/mol. The van der Waals surface area contributed by atoms with Crippen molar-refractivity contribution < 1.29 is 9.53 Å². The lowest BCUT2D eigenvalue weighted by Gasteiger charge is -2.34. The summed E-state index contributed by atoms with van der Waals surface area (Å²) in [5, 5.41) is 10.3. The van der Waals surface area contributed by atoms with E-state index in [1.54, 1.807) is 0 Å². The Kier molecular flexibility index (Phi) is 4.70. The smallest absolute Gasteiger partial charge is 0.205 e. The summed E-state index contributed by atoms with van der Waals surface area (Å²) in [4.78, 5) is 13.2. The van der Waals surface area contributed by atoms with E-state index in [4.69, 9.17) is 22.1 Å². The maximum Gasteiger partial charge on any atom is 0.205 e. The number of ether oxygens (including phenoxy) is 1. The molecule has 0 spiro atoms. The van der Waals surface area contributed by atoms with Crippen LogP contribution in [0.2, 0.25) is 5.02 Å². The van der Waals surface area contributed by atoms with Crippen LogP contribution in [0.15, 0.2) is 71.3 Å². The zero-order chi connectivity index (χ0) is 19.8. The summed E-state index contributed by atoms with van der Waals surface area (Å²) in [6, 6.07) is 17.5. The Morgan fingerprint density at radius 1 is 1.14 bits per heavy atom. The molecule has 2 aromatic rings. The first kappa shape index (κ1) is 18.3. The number of carbonyl (C=O) groups is 1. The van der Waals surface area contributed by atoms with Crippen molar-refractivity contribution in [2.75, 3.05) is 0 Å². The number of aryl methyl sites for hydroxylation is 1. The summed E-state index contributed by atoms with van der Waals surface area (Å²) >= 11 is 6.35. The Morgan fingerprint density at radius 3 is 2.54 bits per heavy atom. The molecule has 4 nitrogen and oxygen atoms in total. The topological polar surface area (TPSA) is 76.1 Å². The molecule has 2 aromatic carbocycles. The van der Waals surface area contributed by atoms with Gasteiger partial charge in [-0.05, 0) is 30.0 Å². The Balaban J connectivity index is 1.80. The number of carbonyl (C=O) groups excluding carboxylic acids is 1. The van der Waals surface area contributed by atoms with Gasteiger partial charge in [-0.25, -0.2) is 0 Å². The van der Waals surface area contributed by atoms with Gasteiger partial charge in [0.2, 0.25) is 5.88 Å².